The minimum atomic E-state index is -0.882. The van der Waals surface area contributed by atoms with Crippen LogP contribution in [0.2, 0.25) is 0 Å². The van der Waals surface area contributed by atoms with Crippen LogP contribution in [0.1, 0.15) is 6.92 Å². The summed E-state index contributed by atoms with van der Waals surface area (Å²) in [6.45, 7) is 1.81. The first kappa shape index (κ1) is 8.84. The molecule has 0 radical (unpaired) electrons. The maximum atomic E-state index is 8.79. The lowest BCUT2D eigenvalue weighted by Crippen LogP contribution is -2.36. The Morgan fingerprint density at radius 2 is 1.89 bits per heavy atom. The third-order valence-corrected chi connectivity index (χ3v) is 0.987. The van der Waals surface area contributed by atoms with E-state index in [0.717, 1.165) is 0 Å². The first-order valence-corrected chi connectivity index (χ1v) is 2.88. The Morgan fingerprint density at radius 1 is 1.33 bits per heavy atom. The van der Waals surface area contributed by atoms with Gasteiger partial charge in [-0.15, -0.1) is 0 Å². The number of nitrogens with one attached hydrogen (secondary N) is 2. The van der Waals surface area contributed by atoms with Crippen LogP contribution in [0.3, 0.4) is 0 Å². The summed E-state index contributed by atoms with van der Waals surface area (Å²) in [6.07, 6.45) is -1.01. The van der Waals surface area contributed by atoms with Gasteiger partial charge < -0.3 is 9.84 Å². The van der Waals surface area contributed by atoms with Gasteiger partial charge >= 0.3 is 0 Å². The Hall–Kier alpha value is -0.160. The fourth-order valence-corrected chi connectivity index (χ4v) is 0.329. The van der Waals surface area contributed by atoms with E-state index in [1.54, 1.807) is 21.0 Å². The highest BCUT2D eigenvalue weighted by molar-refractivity contribution is 4.39. The molecule has 4 heteroatoms. The van der Waals surface area contributed by atoms with E-state index >= 15 is 0 Å². The van der Waals surface area contributed by atoms with Crippen LogP contribution in [0.5, 0.6) is 0 Å². The summed E-state index contributed by atoms with van der Waals surface area (Å²) >= 11 is 0. The SMILES string of the molecule is CNC(O)O[C@H](C)NC. The van der Waals surface area contributed by atoms with Gasteiger partial charge in [0.05, 0.1) is 0 Å². The zero-order valence-corrected chi connectivity index (χ0v) is 6.01. The van der Waals surface area contributed by atoms with Crippen molar-refractivity contribution in [2.45, 2.75) is 19.6 Å². The maximum Gasteiger partial charge on any atom is 0.214 e. The van der Waals surface area contributed by atoms with Crippen LogP contribution < -0.4 is 10.6 Å². The van der Waals surface area contributed by atoms with Crippen molar-refractivity contribution < 1.29 is 9.84 Å². The van der Waals surface area contributed by atoms with Gasteiger partial charge in [0.2, 0.25) is 6.41 Å². The van der Waals surface area contributed by atoms with Gasteiger partial charge in [0.15, 0.2) is 0 Å². The van der Waals surface area contributed by atoms with Crippen molar-refractivity contribution >= 4 is 0 Å². The van der Waals surface area contributed by atoms with Crippen molar-refractivity contribution in [1.29, 1.82) is 0 Å². The van der Waals surface area contributed by atoms with E-state index < -0.39 is 6.41 Å². The molecular formula is C5H14N2O2. The molecule has 0 heterocycles. The van der Waals surface area contributed by atoms with Gasteiger partial charge in [-0.3, -0.25) is 10.6 Å². The normalized spacial score (nSPS) is 17.3. The van der Waals surface area contributed by atoms with Crippen LogP contribution in [0, 0.1) is 0 Å². The van der Waals surface area contributed by atoms with E-state index in [1.165, 1.54) is 0 Å². The van der Waals surface area contributed by atoms with Gasteiger partial charge in [-0.2, -0.15) is 0 Å². The van der Waals surface area contributed by atoms with Crippen LogP contribution in [-0.4, -0.2) is 31.8 Å². The van der Waals surface area contributed by atoms with E-state index in [1.807, 2.05) is 0 Å². The molecule has 2 atom stereocenters. The maximum absolute atomic E-state index is 8.79. The van der Waals surface area contributed by atoms with Gasteiger partial charge in [0, 0.05) is 0 Å². The number of ether oxygens (including phenoxy) is 1. The first-order valence-electron chi connectivity index (χ1n) is 2.88. The molecule has 0 aliphatic heterocycles. The highest BCUT2D eigenvalue weighted by Gasteiger charge is 2.03. The number of rotatable bonds is 4. The molecule has 0 aliphatic rings. The van der Waals surface area contributed by atoms with Crippen molar-refractivity contribution in [1.82, 2.24) is 10.6 Å². The van der Waals surface area contributed by atoms with Gasteiger partial charge in [0.25, 0.3) is 0 Å². The number of aliphatic hydroxyl groups is 1. The average Bonchev–Trinajstić information content (AvgIpc) is 1.87. The molecule has 0 saturated heterocycles. The lowest BCUT2D eigenvalue weighted by molar-refractivity contribution is -0.151. The van der Waals surface area contributed by atoms with Crippen molar-refractivity contribution in [2.24, 2.45) is 0 Å². The van der Waals surface area contributed by atoms with Gasteiger partial charge in [0.1, 0.15) is 6.23 Å². The predicted octanol–water partition coefficient (Wildman–Crippen LogP) is -0.936. The summed E-state index contributed by atoms with van der Waals surface area (Å²) in [5, 5.41) is 14.1. The molecule has 1 unspecified atom stereocenters. The molecule has 0 aliphatic carbocycles. The largest absolute Gasteiger partial charge is 0.356 e. The van der Waals surface area contributed by atoms with Crippen LogP contribution in [0.25, 0.3) is 0 Å². The first-order chi connectivity index (χ1) is 4.20. The summed E-state index contributed by atoms with van der Waals surface area (Å²) < 4.78 is 4.88. The lowest BCUT2D eigenvalue weighted by Gasteiger charge is -2.15. The Kier molecular flexibility index (Phi) is 4.61. The summed E-state index contributed by atoms with van der Waals surface area (Å²) in [7, 11) is 3.38. The molecule has 4 nitrogen and oxygen atoms in total. The molecule has 0 amide bonds. The molecule has 0 saturated carbocycles. The van der Waals surface area contributed by atoms with E-state index in [0.29, 0.717) is 0 Å². The van der Waals surface area contributed by atoms with Crippen molar-refractivity contribution in [3.63, 3.8) is 0 Å². The zero-order valence-electron chi connectivity index (χ0n) is 6.01. The smallest absolute Gasteiger partial charge is 0.214 e. The molecule has 0 aromatic heterocycles. The topological polar surface area (TPSA) is 53.5 Å². The van der Waals surface area contributed by atoms with Gasteiger partial charge in [-0.1, -0.05) is 0 Å². The van der Waals surface area contributed by atoms with E-state index in [-0.39, 0.29) is 6.23 Å². The molecule has 0 fully saturated rings. The Morgan fingerprint density at radius 3 is 2.22 bits per heavy atom. The third-order valence-electron chi connectivity index (χ3n) is 0.987. The van der Waals surface area contributed by atoms with Crippen molar-refractivity contribution in [3.05, 3.63) is 0 Å². The molecule has 0 spiro atoms. The lowest BCUT2D eigenvalue weighted by atomic mass is 10.7. The summed E-state index contributed by atoms with van der Waals surface area (Å²) in [5.41, 5.74) is 0. The van der Waals surface area contributed by atoms with E-state index in [2.05, 4.69) is 10.6 Å². The molecule has 56 valence electrons. The van der Waals surface area contributed by atoms with Crippen LogP contribution in [-0.2, 0) is 4.74 Å². The van der Waals surface area contributed by atoms with Crippen molar-refractivity contribution in [3.8, 4) is 0 Å². The van der Waals surface area contributed by atoms with Crippen LogP contribution >= 0.6 is 0 Å². The Balaban J connectivity index is 3.22. The Labute approximate surface area is 55.2 Å². The molecule has 0 aromatic rings. The molecule has 0 rings (SSSR count). The van der Waals surface area contributed by atoms with E-state index in [4.69, 9.17) is 9.84 Å². The average molecular weight is 134 g/mol. The zero-order chi connectivity index (χ0) is 7.28. The summed E-state index contributed by atoms with van der Waals surface area (Å²) in [4.78, 5) is 0. The van der Waals surface area contributed by atoms with Gasteiger partial charge in [-0.25, -0.2) is 0 Å². The molecular weight excluding hydrogens is 120 g/mol. The second-order valence-electron chi connectivity index (χ2n) is 1.71. The number of aliphatic hydroxyl groups excluding tert-OH is 1. The molecule has 9 heavy (non-hydrogen) atoms. The van der Waals surface area contributed by atoms with Gasteiger partial charge in [-0.05, 0) is 21.0 Å². The molecule has 0 bridgehead atoms. The second kappa shape index (κ2) is 4.69. The van der Waals surface area contributed by atoms with Crippen molar-refractivity contribution in [2.75, 3.05) is 14.1 Å². The second-order valence-corrected chi connectivity index (χ2v) is 1.71. The van der Waals surface area contributed by atoms with Crippen LogP contribution in [0.4, 0.5) is 0 Å². The highest BCUT2D eigenvalue weighted by Crippen LogP contribution is 1.85. The standard InChI is InChI=1S/C5H14N2O2/c1-4(6-2)9-5(8)7-3/h4-8H,1-3H3/t4-,5?/m1/s1. The third kappa shape index (κ3) is 4.35. The molecule has 3 N–H and O–H groups in total. The Bertz CT molecular complexity index is 62.0. The van der Waals surface area contributed by atoms with Crippen LogP contribution in [0.15, 0.2) is 0 Å². The fourth-order valence-electron chi connectivity index (χ4n) is 0.329. The highest BCUT2D eigenvalue weighted by atomic mass is 16.6. The number of hydrogen-bond donors (Lipinski definition) is 3. The number of hydrogen-bond acceptors (Lipinski definition) is 4. The fraction of sp³-hybridized carbons (Fsp3) is 1.00. The predicted molar refractivity (Wildman–Crippen MR) is 34.7 cm³/mol. The minimum absolute atomic E-state index is 0.132. The quantitative estimate of drug-likeness (QED) is 0.434. The minimum Gasteiger partial charge on any atom is -0.356 e. The monoisotopic (exact) mass is 134 g/mol. The summed E-state index contributed by atoms with van der Waals surface area (Å²) in [6, 6.07) is 0. The molecule has 0 aromatic carbocycles. The van der Waals surface area contributed by atoms with E-state index in [9.17, 15) is 0 Å². The summed E-state index contributed by atoms with van der Waals surface area (Å²) in [5.74, 6) is 0.